The minimum atomic E-state index is 0. The predicted octanol–water partition coefficient (Wildman–Crippen LogP) is 2.21. The van der Waals surface area contributed by atoms with Crippen LogP contribution >= 0.6 is 12.4 Å². The van der Waals surface area contributed by atoms with Crippen molar-refractivity contribution in [2.45, 2.75) is 64.1 Å². The van der Waals surface area contributed by atoms with Crippen molar-refractivity contribution in [2.24, 2.45) is 5.92 Å². The molecule has 0 radical (unpaired) electrons. The van der Waals surface area contributed by atoms with Crippen LogP contribution in [0.15, 0.2) is 0 Å². The van der Waals surface area contributed by atoms with Gasteiger partial charge in [-0.2, -0.15) is 0 Å². The second kappa shape index (κ2) is 8.20. The van der Waals surface area contributed by atoms with Crippen molar-refractivity contribution in [1.29, 1.82) is 0 Å². The monoisotopic (exact) mass is 304 g/mol. The number of piperidine rings is 1. The molecule has 2 aliphatic rings. The molecular formula is C15H29ClN2O2. The van der Waals surface area contributed by atoms with E-state index in [0.29, 0.717) is 37.1 Å². The third kappa shape index (κ3) is 4.90. The summed E-state index contributed by atoms with van der Waals surface area (Å²) >= 11 is 0. The summed E-state index contributed by atoms with van der Waals surface area (Å²) in [6.45, 7) is 5.55. The van der Waals surface area contributed by atoms with E-state index in [-0.39, 0.29) is 18.3 Å². The van der Waals surface area contributed by atoms with Gasteiger partial charge in [0.25, 0.3) is 0 Å². The molecule has 0 aromatic heterocycles. The fourth-order valence-electron chi connectivity index (χ4n) is 3.20. The molecule has 2 aliphatic heterocycles. The lowest BCUT2D eigenvalue weighted by Crippen LogP contribution is -2.48. The van der Waals surface area contributed by atoms with Crippen LogP contribution in [-0.2, 0) is 9.53 Å². The number of hydrogen-bond acceptors (Lipinski definition) is 3. The Kier molecular flexibility index (Phi) is 7.27. The summed E-state index contributed by atoms with van der Waals surface area (Å²) < 4.78 is 5.50. The number of amides is 1. The van der Waals surface area contributed by atoms with E-state index < -0.39 is 0 Å². The summed E-state index contributed by atoms with van der Waals surface area (Å²) in [5.74, 6) is 0.767. The number of nitrogens with zero attached hydrogens (tertiary/aromatic N) is 1. The number of hydrogen-bond donors (Lipinski definition) is 1. The molecular weight excluding hydrogens is 276 g/mol. The first-order valence-electron chi connectivity index (χ1n) is 7.65. The molecule has 2 saturated heterocycles. The first kappa shape index (κ1) is 17.7. The van der Waals surface area contributed by atoms with E-state index in [9.17, 15) is 4.79 Å². The van der Waals surface area contributed by atoms with Gasteiger partial charge >= 0.3 is 0 Å². The molecule has 118 valence electrons. The molecule has 20 heavy (non-hydrogen) atoms. The van der Waals surface area contributed by atoms with Crippen molar-refractivity contribution in [3.63, 3.8) is 0 Å². The van der Waals surface area contributed by atoms with Gasteiger partial charge in [0.2, 0.25) is 5.91 Å². The number of nitrogens with one attached hydrogen (secondary N) is 1. The van der Waals surface area contributed by atoms with E-state index in [4.69, 9.17) is 4.74 Å². The Morgan fingerprint density at radius 2 is 1.90 bits per heavy atom. The van der Waals surface area contributed by atoms with Crippen LogP contribution in [-0.4, -0.2) is 49.2 Å². The van der Waals surface area contributed by atoms with E-state index in [1.165, 1.54) is 12.8 Å². The quantitative estimate of drug-likeness (QED) is 0.765. The molecule has 2 rings (SSSR count). The zero-order valence-corrected chi connectivity index (χ0v) is 13.7. The number of carbonyl (C=O) groups excluding carboxylic acids is 1. The smallest absolute Gasteiger partial charge is 0.224 e. The maximum absolute atomic E-state index is 12.1. The van der Waals surface area contributed by atoms with Gasteiger partial charge in [0.15, 0.2) is 0 Å². The Hall–Kier alpha value is -0.320. The average Bonchev–Trinajstić information content (AvgIpc) is 2.72. The van der Waals surface area contributed by atoms with Crippen molar-refractivity contribution in [2.75, 3.05) is 20.3 Å². The van der Waals surface area contributed by atoms with E-state index in [1.807, 2.05) is 11.9 Å². The highest BCUT2D eigenvalue weighted by molar-refractivity contribution is 5.85. The number of rotatable bonds is 6. The largest absolute Gasteiger partial charge is 0.381 e. The number of carbonyl (C=O) groups is 1. The van der Waals surface area contributed by atoms with Crippen LogP contribution in [0.25, 0.3) is 0 Å². The fourth-order valence-corrected chi connectivity index (χ4v) is 3.20. The summed E-state index contributed by atoms with van der Waals surface area (Å²) in [4.78, 5) is 14.1. The van der Waals surface area contributed by atoms with Crippen LogP contribution in [0, 0.1) is 5.92 Å². The van der Waals surface area contributed by atoms with E-state index >= 15 is 0 Å². The molecule has 0 aromatic carbocycles. The van der Waals surface area contributed by atoms with Gasteiger partial charge in [0.1, 0.15) is 0 Å². The zero-order chi connectivity index (χ0) is 13.8. The first-order valence-corrected chi connectivity index (χ1v) is 7.65. The van der Waals surface area contributed by atoms with Crippen molar-refractivity contribution in [3.05, 3.63) is 0 Å². The maximum atomic E-state index is 12.1. The van der Waals surface area contributed by atoms with Crippen LogP contribution in [0.3, 0.4) is 0 Å². The van der Waals surface area contributed by atoms with Gasteiger partial charge in [-0.25, -0.2) is 0 Å². The summed E-state index contributed by atoms with van der Waals surface area (Å²) in [6.07, 6.45) is 5.31. The molecule has 4 nitrogen and oxygen atoms in total. The van der Waals surface area contributed by atoms with Crippen LogP contribution in [0.2, 0.25) is 0 Å². The van der Waals surface area contributed by atoms with Crippen LogP contribution in [0.1, 0.15) is 46.0 Å². The summed E-state index contributed by atoms with van der Waals surface area (Å²) in [6, 6.07) is 1.70. The Bertz CT molecular complexity index is 300. The normalized spacial score (nSPS) is 28.3. The van der Waals surface area contributed by atoms with E-state index in [0.717, 1.165) is 19.4 Å². The third-order valence-electron chi connectivity index (χ3n) is 4.30. The molecule has 1 N–H and O–H groups in total. The van der Waals surface area contributed by atoms with Gasteiger partial charge in [-0.15, -0.1) is 12.4 Å². The highest BCUT2D eigenvalue weighted by atomic mass is 35.5. The first-order chi connectivity index (χ1) is 9.06. The molecule has 2 fully saturated rings. The second-order valence-corrected chi connectivity index (χ2v) is 6.49. The van der Waals surface area contributed by atoms with Crippen LogP contribution in [0.4, 0.5) is 0 Å². The van der Waals surface area contributed by atoms with Gasteiger partial charge in [-0.3, -0.25) is 4.79 Å². The number of ether oxygens (including phenoxy) is 1. The lowest BCUT2D eigenvalue weighted by Gasteiger charge is -2.35. The van der Waals surface area contributed by atoms with Crippen LogP contribution in [0.5, 0.6) is 0 Å². The minimum Gasteiger partial charge on any atom is -0.381 e. The lowest BCUT2D eigenvalue weighted by molar-refractivity contribution is -0.133. The van der Waals surface area contributed by atoms with Gasteiger partial charge in [-0.1, -0.05) is 13.8 Å². The average molecular weight is 305 g/mol. The predicted molar refractivity (Wildman–Crippen MR) is 83.3 cm³/mol. The molecule has 2 heterocycles. The maximum Gasteiger partial charge on any atom is 0.224 e. The fraction of sp³-hybridized carbons (Fsp3) is 0.933. The molecule has 5 heteroatoms. The van der Waals surface area contributed by atoms with E-state index in [2.05, 4.69) is 19.2 Å². The third-order valence-corrected chi connectivity index (χ3v) is 4.30. The molecule has 0 aliphatic carbocycles. The number of halogens is 1. The van der Waals surface area contributed by atoms with Gasteiger partial charge < -0.3 is 15.0 Å². The Morgan fingerprint density at radius 1 is 1.30 bits per heavy atom. The van der Waals surface area contributed by atoms with Gasteiger partial charge in [0, 0.05) is 31.8 Å². The highest BCUT2D eigenvalue weighted by Crippen LogP contribution is 2.29. The summed E-state index contributed by atoms with van der Waals surface area (Å²) in [5, 5.41) is 3.62. The Balaban J connectivity index is 0.00000200. The van der Waals surface area contributed by atoms with Crippen molar-refractivity contribution >= 4 is 18.3 Å². The highest BCUT2D eigenvalue weighted by Gasteiger charge is 2.36. The summed E-state index contributed by atoms with van der Waals surface area (Å²) in [5.41, 5.74) is 0. The molecule has 0 saturated carbocycles. The lowest BCUT2D eigenvalue weighted by atomic mass is 9.98. The van der Waals surface area contributed by atoms with Crippen molar-refractivity contribution in [3.8, 4) is 0 Å². The molecule has 0 spiro atoms. The molecule has 1 amide bonds. The van der Waals surface area contributed by atoms with Gasteiger partial charge in [-0.05, 0) is 31.6 Å². The minimum absolute atomic E-state index is 0. The Morgan fingerprint density at radius 3 is 2.45 bits per heavy atom. The topological polar surface area (TPSA) is 41.6 Å². The van der Waals surface area contributed by atoms with Crippen LogP contribution < -0.4 is 5.32 Å². The molecule has 2 unspecified atom stereocenters. The molecule has 0 aromatic rings. The number of fused-ring (bicyclic) bond motifs is 2. The van der Waals surface area contributed by atoms with Gasteiger partial charge in [0.05, 0.1) is 13.0 Å². The molecule has 2 atom stereocenters. The standard InChI is InChI=1S/C15H28N2O2.ClH/c1-11(2)10-19-7-6-15(18)17(3)14-8-12-4-5-13(9-14)16-12;/h11-14,16H,4-10H2,1-3H3;1H. The molecule has 2 bridgehead atoms. The van der Waals surface area contributed by atoms with Crippen molar-refractivity contribution < 1.29 is 9.53 Å². The second-order valence-electron chi connectivity index (χ2n) is 6.49. The van der Waals surface area contributed by atoms with E-state index in [1.54, 1.807) is 0 Å². The van der Waals surface area contributed by atoms with Crippen molar-refractivity contribution in [1.82, 2.24) is 10.2 Å². The Labute approximate surface area is 129 Å². The zero-order valence-electron chi connectivity index (χ0n) is 12.9. The summed E-state index contributed by atoms with van der Waals surface area (Å²) in [7, 11) is 1.96. The SMILES string of the molecule is CC(C)COCCC(=O)N(C)C1CC2CCC(C1)N2.Cl.